The van der Waals surface area contributed by atoms with Crippen molar-refractivity contribution in [2.24, 2.45) is 0 Å². The average molecular weight is 474 g/mol. The van der Waals surface area contributed by atoms with Gasteiger partial charge in [0.1, 0.15) is 34.3 Å². The van der Waals surface area contributed by atoms with E-state index in [1.54, 1.807) is 18.4 Å². The number of anilines is 1. The molecule has 176 valence electrons. The molecule has 8 heteroatoms. The molecule has 0 spiro atoms. The molecule has 2 aromatic carbocycles. The Morgan fingerprint density at radius 1 is 1.09 bits per heavy atom. The zero-order valence-electron chi connectivity index (χ0n) is 18.9. The summed E-state index contributed by atoms with van der Waals surface area (Å²) >= 11 is 6.42. The molecule has 0 saturated carbocycles. The van der Waals surface area contributed by atoms with Gasteiger partial charge in [-0.3, -0.25) is 4.90 Å². The number of piperidine rings is 1. The second kappa shape index (κ2) is 10.9. The fourth-order valence-corrected chi connectivity index (χ4v) is 4.22. The molecule has 0 unspecified atom stereocenters. The largest absolute Gasteiger partial charge is 0.492 e. The molecule has 1 aromatic heterocycles. The van der Waals surface area contributed by atoms with E-state index in [0.29, 0.717) is 41.4 Å². The molecule has 0 amide bonds. The third-order valence-electron chi connectivity index (χ3n) is 5.63. The molecule has 0 atom stereocenters. The summed E-state index contributed by atoms with van der Waals surface area (Å²) < 4.78 is 30.1. The summed E-state index contributed by atoms with van der Waals surface area (Å²) in [6, 6.07) is 11.0. The van der Waals surface area contributed by atoms with Crippen LogP contribution >= 0.6 is 11.6 Å². The van der Waals surface area contributed by atoms with Crippen molar-refractivity contribution in [2.45, 2.75) is 39.3 Å². The number of benzene rings is 2. The highest BCUT2D eigenvalue weighted by molar-refractivity contribution is 6.33. The lowest BCUT2D eigenvalue weighted by Gasteiger charge is -2.32. The summed E-state index contributed by atoms with van der Waals surface area (Å²) in [7, 11) is 0. The smallest absolute Gasteiger partial charge is 0.295 e. The Morgan fingerprint density at radius 2 is 1.73 bits per heavy atom. The highest BCUT2D eigenvalue weighted by Gasteiger charge is 2.22. The van der Waals surface area contributed by atoms with Crippen molar-refractivity contribution < 1.29 is 18.3 Å². The van der Waals surface area contributed by atoms with E-state index < -0.39 is 0 Å². The Hall–Kier alpha value is -2.77. The summed E-state index contributed by atoms with van der Waals surface area (Å²) in [5, 5.41) is 3.91. The number of oxazole rings is 1. The zero-order chi connectivity index (χ0) is 23.2. The van der Waals surface area contributed by atoms with Crippen LogP contribution in [0.25, 0.3) is 11.3 Å². The molecular weight excluding hydrogens is 445 g/mol. The monoisotopic (exact) mass is 473 g/mol. The molecule has 1 fully saturated rings. The van der Waals surface area contributed by atoms with Crippen molar-refractivity contribution >= 4 is 17.6 Å². The minimum Gasteiger partial charge on any atom is -0.492 e. The van der Waals surface area contributed by atoms with Crippen LogP contribution in [0.1, 0.15) is 32.3 Å². The minimum atomic E-state index is -0.269. The van der Waals surface area contributed by atoms with Gasteiger partial charge in [-0.15, -0.1) is 0 Å². The third kappa shape index (κ3) is 5.97. The van der Waals surface area contributed by atoms with Gasteiger partial charge in [0.05, 0.1) is 13.2 Å². The molecular formula is C25H29ClFN3O3. The van der Waals surface area contributed by atoms with Gasteiger partial charge in [-0.1, -0.05) is 11.6 Å². The first kappa shape index (κ1) is 23.4. The summed E-state index contributed by atoms with van der Waals surface area (Å²) in [6.07, 6.45) is 3.54. The van der Waals surface area contributed by atoms with Crippen molar-refractivity contribution in [1.82, 2.24) is 9.88 Å². The lowest BCUT2D eigenvalue weighted by Crippen LogP contribution is -2.38. The number of nitrogens with one attached hydrogen (secondary N) is 1. The van der Waals surface area contributed by atoms with E-state index in [9.17, 15) is 4.39 Å². The Bertz CT molecular complexity index is 1020. The molecule has 3 aromatic rings. The van der Waals surface area contributed by atoms with Gasteiger partial charge in [-0.2, -0.15) is 4.98 Å². The number of nitrogens with zero attached hydrogens (tertiary/aromatic N) is 2. The van der Waals surface area contributed by atoms with Crippen LogP contribution < -0.4 is 14.8 Å². The van der Waals surface area contributed by atoms with E-state index in [-0.39, 0.29) is 11.9 Å². The van der Waals surface area contributed by atoms with Crippen LogP contribution in [-0.4, -0.2) is 42.2 Å². The topological polar surface area (TPSA) is 59.8 Å². The second-order valence-corrected chi connectivity index (χ2v) is 8.39. The standard InChI is InChI=1S/C25H29ClFN3O3/c1-3-31-22-13-17(14-23(24(22)26)32-4-2)15-30-11-9-20(10-12-30)28-25-29-21(16-33-25)18-5-7-19(27)8-6-18/h5-8,13-14,16,20H,3-4,9-12,15H2,1-2H3,(H,28,29). The van der Waals surface area contributed by atoms with Crippen LogP contribution in [0.2, 0.25) is 5.02 Å². The summed E-state index contributed by atoms with van der Waals surface area (Å²) in [5.74, 6) is 1.06. The van der Waals surface area contributed by atoms with E-state index >= 15 is 0 Å². The predicted molar refractivity (Wildman–Crippen MR) is 128 cm³/mol. The van der Waals surface area contributed by atoms with E-state index in [1.807, 2.05) is 26.0 Å². The predicted octanol–water partition coefficient (Wildman–Crippen LogP) is 6.01. The fourth-order valence-electron chi connectivity index (χ4n) is 4.00. The number of hydrogen-bond donors (Lipinski definition) is 1. The molecule has 0 radical (unpaired) electrons. The van der Waals surface area contributed by atoms with Gasteiger partial charge < -0.3 is 19.2 Å². The van der Waals surface area contributed by atoms with Crippen molar-refractivity contribution in [1.29, 1.82) is 0 Å². The van der Waals surface area contributed by atoms with Crippen LogP contribution in [-0.2, 0) is 6.54 Å². The fraction of sp³-hybridized carbons (Fsp3) is 0.400. The van der Waals surface area contributed by atoms with Crippen molar-refractivity contribution in [3.05, 3.63) is 59.1 Å². The van der Waals surface area contributed by atoms with Gasteiger partial charge in [-0.25, -0.2) is 4.39 Å². The Balaban J connectivity index is 1.33. The SMILES string of the molecule is CCOc1cc(CN2CCC(Nc3nc(-c4ccc(F)cc4)co3)CC2)cc(OCC)c1Cl. The molecule has 0 bridgehead atoms. The van der Waals surface area contributed by atoms with Gasteiger partial charge in [0.15, 0.2) is 0 Å². The van der Waals surface area contributed by atoms with Crippen molar-refractivity contribution in [3.63, 3.8) is 0 Å². The maximum atomic E-state index is 13.1. The maximum absolute atomic E-state index is 13.1. The van der Waals surface area contributed by atoms with Gasteiger partial charge in [0.25, 0.3) is 6.01 Å². The van der Waals surface area contributed by atoms with Crippen molar-refractivity contribution in [2.75, 3.05) is 31.6 Å². The highest BCUT2D eigenvalue weighted by Crippen LogP contribution is 2.36. The number of likely N-dealkylation sites (tertiary alicyclic amines) is 1. The molecule has 2 heterocycles. The van der Waals surface area contributed by atoms with Gasteiger partial charge in [-0.05, 0) is 68.7 Å². The quantitative estimate of drug-likeness (QED) is 0.411. The van der Waals surface area contributed by atoms with Crippen LogP contribution in [0.4, 0.5) is 10.4 Å². The molecule has 0 aliphatic carbocycles. The van der Waals surface area contributed by atoms with Gasteiger partial charge in [0, 0.05) is 31.2 Å². The van der Waals surface area contributed by atoms with Gasteiger partial charge >= 0.3 is 0 Å². The van der Waals surface area contributed by atoms with Crippen LogP contribution in [0.15, 0.2) is 47.1 Å². The number of halogens is 2. The first-order valence-corrected chi connectivity index (χ1v) is 11.7. The molecule has 1 aliphatic heterocycles. The lowest BCUT2D eigenvalue weighted by molar-refractivity contribution is 0.209. The van der Waals surface area contributed by atoms with Gasteiger partial charge in [0.2, 0.25) is 0 Å². The Morgan fingerprint density at radius 3 is 2.33 bits per heavy atom. The first-order valence-electron chi connectivity index (χ1n) is 11.3. The van der Waals surface area contributed by atoms with E-state index in [2.05, 4.69) is 15.2 Å². The normalized spacial score (nSPS) is 14.9. The van der Waals surface area contributed by atoms with E-state index in [1.165, 1.54) is 12.1 Å². The molecule has 4 rings (SSSR count). The second-order valence-electron chi connectivity index (χ2n) is 8.01. The molecule has 1 aliphatic rings. The minimum absolute atomic E-state index is 0.269. The first-order chi connectivity index (χ1) is 16.1. The molecule has 33 heavy (non-hydrogen) atoms. The van der Waals surface area contributed by atoms with Crippen molar-refractivity contribution in [3.8, 4) is 22.8 Å². The lowest BCUT2D eigenvalue weighted by atomic mass is 10.0. The number of aromatic nitrogens is 1. The van der Waals surface area contributed by atoms with E-state index in [4.69, 9.17) is 25.5 Å². The summed E-state index contributed by atoms with van der Waals surface area (Å²) in [5.41, 5.74) is 2.63. The number of ether oxygens (including phenoxy) is 2. The molecule has 1 N–H and O–H groups in total. The summed E-state index contributed by atoms with van der Waals surface area (Å²) in [6.45, 7) is 7.68. The third-order valence-corrected chi connectivity index (χ3v) is 6.00. The molecule has 6 nitrogen and oxygen atoms in total. The molecule has 1 saturated heterocycles. The van der Waals surface area contributed by atoms with Crippen LogP contribution in [0, 0.1) is 5.82 Å². The van der Waals surface area contributed by atoms with E-state index in [0.717, 1.165) is 43.6 Å². The van der Waals surface area contributed by atoms with Crippen LogP contribution in [0.3, 0.4) is 0 Å². The Kier molecular flexibility index (Phi) is 7.73. The highest BCUT2D eigenvalue weighted by atomic mass is 35.5. The average Bonchev–Trinajstić information content (AvgIpc) is 3.27. The number of rotatable bonds is 9. The summed E-state index contributed by atoms with van der Waals surface area (Å²) in [4.78, 5) is 6.91. The van der Waals surface area contributed by atoms with Crippen LogP contribution in [0.5, 0.6) is 11.5 Å². The Labute approximate surface area is 198 Å². The zero-order valence-corrected chi connectivity index (χ0v) is 19.7. The number of hydrogen-bond acceptors (Lipinski definition) is 6. The maximum Gasteiger partial charge on any atom is 0.295 e.